The second kappa shape index (κ2) is 7.97. The van der Waals surface area contributed by atoms with Crippen molar-refractivity contribution < 1.29 is 13.9 Å². The summed E-state index contributed by atoms with van der Waals surface area (Å²) in [5, 5.41) is 0. The van der Waals surface area contributed by atoms with Crippen LogP contribution in [0, 0.1) is 6.92 Å². The molecule has 1 aliphatic heterocycles. The van der Waals surface area contributed by atoms with Crippen LogP contribution in [0.4, 0.5) is 11.5 Å². The number of benzene rings is 2. The summed E-state index contributed by atoms with van der Waals surface area (Å²) in [4.78, 5) is 22.2. The molecular weight excluding hydrogens is 382 g/mol. The van der Waals surface area contributed by atoms with Crippen molar-refractivity contribution in [1.29, 1.82) is 0 Å². The molecule has 0 saturated heterocycles. The molecule has 144 valence electrons. The summed E-state index contributed by atoms with van der Waals surface area (Å²) < 4.78 is 3.66. The van der Waals surface area contributed by atoms with Gasteiger partial charge in [0.15, 0.2) is 0 Å². The minimum atomic E-state index is -0.399. The summed E-state index contributed by atoms with van der Waals surface area (Å²) in [7, 11) is 0. The number of primary amides is 1. The standard InChI is InChI=1S/C22H20N5OS/c1-15-5-3-4-6-18(15)24-22-21(16-7-9-17(29-2)10-8-16)25-20-14-26(13-19(23)28)11-12-27(20)22/h3-12,14H,13H2,1-2H3,(H-,23,28)/q+1/p+1. The van der Waals surface area contributed by atoms with Gasteiger partial charge in [-0.25, -0.2) is 0 Å². The molecule has 1 aliphatic rings. The van der Waals surface area contributed by atoms with Crippen LogP contribution in [-0.4, -0.2) is 23.7 Å². The van der Waals surface area contributed by atoms with Crippen molar-refractivity contribution in [3.63, 3.8) is 0 Å². The molecule has 1 amide bonds. The Morgan fingerprint density at radius 3 is 2.59 bits per heavy atom. The molecule has 2 heterocycles. The highest BCUT2D eigenvalue weighted by atomic mass is 32.2. The monoisotopic (exact) mass is 403 g/mol. The van der Waals surface area contributed by atoms with Gasteiger partial charge in [0.25, 0.3) is 5.91 Å². The van der Waals surface area contributed by atoms with Crippen LogP contribution in [0.5, 0.6) is 0 Å². The van der Waals surface area contributed by atoms with Crippen LogP contribution in [0.1, 0.15) is 11.1 Å². The Labute approximate surface area is 173 Å². The lowest BCUT2D eigenvalue weighted by Crippen LogP contribution is -2.48. The van der Waals surface area contributed by atoms with Gasteiger partial charge in [-0.15, -0.1) is 11.8 Å². The van der Waals surface area contributed by atoms with Gasteiger partial charge in [0.2, 0.25) is 24.7 Å². The van der Waals surface area contributed by atoms with Gasteiger partial charge in [0.1, 0.15) is 11.9 Å². The van der Waals surface area contributed by atoms with Gasteiger partial charge in [0.05, 0.1) is 0 Å². The predicted octanol–water partition coefficient (Wildman–Crippen LogP) is 2.49. The van der Waals surface area contributed by atoms with Crippen LogP contribution in [0.25, 0.3) is 0 Å². The molecule has 0 unspecified atom stereocenters. The number of hydrogen-bond acceptors (Lipinski definition) is 4. The summed E-state index contributed by atoms with van der Waals surface area (Å²) in [5.74, 6) is 1.05. The Bertz CT molecular complexity index is 1150. The molecule has 6 nitrogen and oxygen atoms in total. The van der Waals surface area contributed by atoms with Gasteiger partial charge in [-0.05, 0) is 49.1 Å². The van der Waals surface area contributed by atoms with Crippen molar-refractivity contribution in [2.24, 2.45) is 15.7 Å². The first-order valence-corrected chi connectivity index (χ1v) is 10.4. The first-order chi connectivity index (χ1) is 14.0. The van der Waals surface area contributed by atoms with E-state index >= 15 is 0 Å². The fourth-order valence-electron chi connectivity index (χ4n) is 3.15. The van der Waals surface area contributed by atoms with Crippen LogP contribution in [0.2, 0.25) is 0 Å². The molecule has 0 aliphatic carbocycles. The zero-order valence-corrected chi connectivity index (χ0v) is 17.1. The highest BCUT2D eigenvalue weighted by Gasteiger charge is 2.35. The zero-order chi connectivity index (χ0) is 20.4. The normalized spacial score (nSPS) is 14.0. The number of para-hydroxylation sites is 1. The van der Waals surface area contributed by atoms with E-state index in [2.05, 4.69) is 30.5 Å². The number of nitrogens with zero attached hydrogens (tertiary/aromatic N) is 4. The smallest absolute Gasteiger partial charge is 0.333 e. The fourth-order valence-corrected chi connectivity index (χ4v) is 3.56. The van der Waals surface area contributed by atoms with E-state index in [4.69, 9.17) is 15.7 Å². The number of nitrogens with two attached hydrogens (primary N) is 1. The molecule has 0 fully saturated rings. The van der Waals surface area contributed by atoms with E-state index in [-0.39, 0.29) is 6.54 Å². The third-order valence-electron chi connectivity index (χ3n) is 4.65. The molecule has 0 spiro atoms. The number of carbonyl (C=O) groups is 1. The molecule has 1 aromatic heterocycles. The quantitative estimate of drug-likeness (QED) is 0.525. The van der Waals surface area contributed by atoms with E-state index in [0.717, 1.165) is 28.4 Å². The van der Waals surface area contributed by atoms with Gasteiger partial charge in [-0.3, -0.25) is 4.79 Å². The minimum absolute atomic E-state index is 0.103. The van der Waals surface area contributed by atoms with Gasteiger partial charge in [0, 0.05) is 10.5 Å². The minimum Gasteiger partial charge on any atom is -0.364 e. The Morgan fingerprint density at radius 2 is 1.90 bits per heavy atom. The lowest BCUT2D eigenvalue weighted by atomic mass is 10.1. The first-order valence-electron chi connectivity index (χ1n) is 9.16. The summed E-state index contributed by atoms with van der Waals surface area (Å²) in [6.07, 6.45) is 7.52. The Morgan fingerprint density at radius 1 is 1.14 bits per heavy atom. The van der Waals surface area contributed by atoms with Gasteiger partial charge in [-0.1, -0.05) is 28.2 Å². The number of aryl methyl sites for hydroxylation is 1. The van der Waals surface area contributed by atoms with Crippen LogP contribution in [0.3, 0.4) is 0 Å². The lowest BCUT2D eigenvalue weighted by molar-refractivity contribution is -0.701. The predicted molar refractivity (Wildman–Crippen MR) is 114 cm³/mol. The van der Waals surface area contributed by atoms with Crippen LogP contribution in [0.15, 0.2) is 82.0 Å². The number of carbonyl (C=O) groups excluding carboxylic acids is 1. The van der Waals surface area contributed by atoms with E-state index in [1.54, 1.807) is 28.7 Å². The Hall–Kier alpha value is -3.32. The highest BCUT2D eigenvalue weighted by molar-refractivity contribution is 7.98. The number of hydrogen-bond donors (Lipinski definition) is 1. The maximum atomic E-state index is 11.3. The van der Waals surface area contributed by atoms with Gasteiger partial charge >= 0.3 is 11.7 Å². The van der Waals surface area contributed by atoms with E-state index in [9.17, 15) is 4.79 Å². The van der Waals surface area contributed by atoms with Crippen molar-refractivity contribution in [3.05, 3.63) is 78.2 Å². The first kappa shape index (κ1) is 19.0. The molecular formula is C22H21N5OS+2. The van der Waals surface area contributed by atoms with Crippen molar-refractivity contribution in [3.8, 4) is 0 Å². The maximum Gasteiger partial charge on any atom is 0.333 e. The fraction of sp³-hybridized carbons (Fsp3) is 0.136. The second-order valence-corrected chi connectivity index (χ2v) is 7.58. The zero-order valence-electron chi connectivity index (χ0n) is 16.2. The van der Waals surface area contributed by atoms with Crippen LogP contribution in [-0.2, 0) is 11.3 Å². The number of aliphatic imine (C=N–C) groups is 2. The number of rotatable bonds is 5. The average Bonchev–Trinajstić information content (AvgIpc) is 3.07. The summed E-state index contributed by atoms with van der Waals surface area (Å²) in [5.41, 5.74) is 9.09. The van der Waals surface area contributed by atoms with E-state index in [1.807, 2.05) is 42.0 Å². The summed E-state index contributed by atoms with van der Waals surface area (Å²) >= 11 is 1.70. The molecule has 2 N–H and O–H groups in total. The number of thioether (sulfide) groups is 1. The molecule has 0 atom stereocenters. The lowest BCUT2D eigenvalue weighted by Gasteiger charge is -2.02. The molecule has 29 heavy (non-hydrogen) atoms. The van der Waals surface area contributed by atoms with Crippen molar-refractivity contribution >= 4 is 40.7 Å². The largest absolute Gasteiger partial charge is 0.364 e. The SMILES string of the molecule is CSc1ccc(C2=Nc3c[n+](CC(N)=O)cc[n+]3C2=Nc2ccccc2C)cc1. The van der Waals surface area contributed by atoms with E-state index < -0.39 is 5.91 Å². The Kier molecular flexibility index (Phi) is 5.22. The molecule has 4 rings (SSSR count). The molecule has 7 heteroatoms. The molecule has 0 radical (unpaired) electrons. The third-order valence-corrected chi connectivity index (χ3v) is 5.39. The number of amides is 1. The molecule has 0 bridgehead atoms. The van der Waals surface area contributed by atoms with Crippen molar-refractivity contribution in [1.82, 2.24) is 0 Å². The third kappa shape index (κ3) is 3.95. The average molecular weight is 404 g/mol. The number of fused-ring (bicyclic) bond motifs is 1. The van der Waals surface area contributed by atoms with Gasteiger partial charge < -0.3 is 5.73 Å². The van der Waals surface area contributed by atoms with Gasteiger partial charge in [-0.2, -0.15) is 9.13 Å². The number of aromatic nitrogens is 2. The van der Waals surface area contributed by atoms with Crippen molar-refractivity contribution in [2.45, 2.75) is 18.4 Å². The maximum absolute atomic E-state index is 11.3. The summed E-state index contributed by atoms with van der Waals surface area (Å²) in [6.45, 7) is 2.14. The molecule has 2 aromatic carbocycles. The van der Waals surface area contributed by atoms with E-state index in [0.29, 0.717) is 5.82 Å². The van der Waals surface area contributed by atoms with Crippen LogP contribution < -0.4 is 14.9 Å². The second-order valence-electron chi connectivity index (χ2n) is 6.70. The van der Waals surface area contributed by atoms with Crippen LogP contribution >= 0.6 is 11.8 Å². The van der Waals surface area contributed by atoms with Crippen molar-refractivity contribution in [2.75, 3.05) is 6.26 Å². The summed E-state index contributed by atoms with van der Waals surface area (Å²) in [6, 6.07) is 16.3. The molecule has 0 saturated carbocycles. The molecule has 3 aromatic rings. The van der Waals surface area contributed by atoms with E-state index in [1.165, 1.54) is 4.90 Å². The topological polar surface area (TPSA) is 75.6 Å². The Balaban J connectivity index is 1.85. The highest BCUT2D eigenvalue weighted by Crippen LogP contribution is 2.22.